The smallest absolute Gasteiger partial charge is 0.148 e. The first kappa shape index (κ1) is 6.95. The molecule has 0 spiro atoms. The highest BCUT2D eigenvalue weighted by molar-refractivity contribution is 6.29. The van der Waals surface area contributed by atoms with E-state index in [1.165, 1.54) is 12.4 Å². The average molecular weight is 158 g/mol. The summed E-state index contributed by atoms with van der Waals surface area (Å²) < 4.78 is 0. The summed E-state index contributed by atoms with van der Waals surface area (Å²) >= 11 is 5.46. The molecule has 0 saturated carbocycles. The SMILES string of the molecule is ON=Cc1cncc(Cl)n1. The van der Waals surface area contributed by atoms with Crippen molar-refractivity contribution in [1.82, 2.24) is 9.97 Å². The Morgan fingerprint density at radius 3 is 3.00 bits per heavy atom. The summed E-state index contributed by atoms with van der Waals surface area (Å²) in [6.45, 7) is 0. The van der Waals surface area contributed by atoms with Crippen LogP contribution in [0.2, 0.25) is 5.15 Å². The molecule has 0 bridgehead atoms. The third-order valence-electron chi connectivity index (χ3n) is 0.814. The summed E-state index contributed by atoms with van der Waals surface area (Å²) in [5.74, 6) is 0. The van der Waals surface area contributed by atoms with Crippen molar-refractivity contribution in [1.29, 1.82) is 0 Å². The lowest BCUT2D eigenvalue weighted by Crippen LogP contribution is -1.88. The molecule has 0 saturated heterocycles. The number of oxime groups is 1. The molecule has 5 heteroatoms. The minimum atomic E-state index is 0.275. The van der Waals surface area contributed by atoms with Gasteiger partial charge in [-0.1, -0.05) is 16.8 Å². The zero-order chi connectivity index (χ0) is 7.40. The lowest BCUT2D eigenvalue weighted by molar-refractivity contribution is 0.321. The monoisotopic (exact) mass is 157 g/mol. The standard InChI is InChI=1S/C5H4ClN3O/c6-5-3-7-1-4(9-5)2-8-10/h1-3,10H. The van der Waals surface area contributed by atoms with Crippen LogP contribution in [0.1, 0.15) is 5.69 Å². The van der Waals surface area contributed by atoms with Crippen LogP contribution in [0.5, 0.6) is 0 Å². The molecular formula is C5H4ClN3O. The summed E-state index contributed by atoms with van der Waals surface area (Å²) in [5, 5.41) is 11.1. The van der Waals surface area contributed by atoms with Gasteiger partial charge in [-0.3, -0.25) is 4.98 Å². The minimum Gasteiger partial charge on any atom is -0.411 e. The minimum absolute atomic E-state index is 0.275. The first-order valence-corrected chi connectivity index (χ1v) is 2.85. The van der Waals surface area contributed by atoms with Crippen molar-refractivity contribution in [2.45, 2.75) is 0 Å². The van der Waals surface area contributed by atoms with Crippen LogP contribution in [-0.4, -0.2) is 21.4 Å². The van der Waals surface area contributed by atoms with Crippen molar-refractivity contribution in [2.24, 2.45) is 5.16 Å². The van der Waals surface area contributed by atoms with Gasteiger partial charge in [0.05, 0.1) is 18.6 Å². The number of rotatable bonds is 1. The molecule has 1 rings (SSSR count). The topological polar surface area (TPSA) is 58.4 Å². The summed E-state index contributed by atoms with van der Waals surface area (Å²) in [4.78, 5) is 7.46. The molecule has 0 aliphatic rings. The van der Waals surface area contributed by atoms with Gasteiger partial charge in [0.1, 0.15) is 10.8 Å². The van der Waals surface area contributed by atoms with Crippen LogP contribution >= 0.6 is 11.6 Å². The van der Waals surface area contributed by atoms with Gasteiger partial charge >= 0.3 is 0 Å². The molecule has 0 aliphatic heterocycles. The van der Waals surface area contributed by atoms with Gasteiger partial charge in [-0.15, -0.1) is 0 Å². The molecule has 10 heavy (non-hydrogen) atoms. The Hall–Kier alpha value is -1.16. The van der Waals surface area contributed by atoms with Crippen molar-refractivity contribution < 1.29 is 5.21 Å². The van der Waals surface area contributed by atoms with Gasteiger partial charge in [0.15, 0.2) is 0 Å². The largest absolute Gasteiger partial charge is 0.411 e. The molecular weight excluding hydrogens is 154 g/mol. The van der Waals surface area contributed by atoms with Gasteiger partial charge in [-0.05, 0) is 0 Å². The molecule has 0 aliphatic carbocycles. The maximum atomic E-state index is 8.07. The Kier molecular flexibility index (Phi) is 2.17. The molecule has 0 amide bonds. The highest BCUT2D eigenvalue weighted by atomic mass is 35.5. The third kappa shape index (κ3) is 1.66. The Balaban J connectivity index is 2.95. The van der Waals surface area contributed by atoms with Gasteiger partial charge < -0.3 is 5.21 Å². The Labute approximate surface area is 62.2 Å². The van der Waals surface area contributed by atoms with E-state index in [1.807, 2.05) is 0 Å². The summed E-state index contributed by atoms with van der Waals surface area (Å²) in [5.41, 5.74) is 0.426. The van der Waals surface area contributed by atoms with Crippen LogP contribution < -0.4 is 0 Å². The fourth-order valence-corrected chi connectivity index (χ4v) is 0.631. The molecule has 0 unspecified atom stereocenters. The fourth-order valence-electron chi connectivity index (χ4n) is 0.478. The van der Waals surface area contributed by atoms with Gasteiger partial charge in [-0.25, -0.2) is 4.98 Å². The van der Waals surface area contributed by atoms with Crippen molar-refractivity contribution in [3.05, 3.63) is 23.2 Å². The van der Waals surface area contributed by atoms with Crippen LogP contribution in [0.25, 0.3) is 0 Å². The summed E-state index contributed by atoms with van der Waals surface area (Å²) in [6, 6.07) is 0. The quantitative estimate of drug-likeness (QED) is 0.375. The first-order valence-electron chi connectivity index (χ1n) is 2.48. The molecule has 4 nitrogen and oxygen atoms in total. The second-order valence-electron chi connectivity index (χ2n) is 1.51. The fraction of sp³-hybridized carbons (Fsp3) is 0. The van der Waals surface area contributed by atoms with Crippen LogP contribution in [0, 0.1) is 0 Å². The molecule has 0 atom stereocenters. The zero-order valence-electron chi connectivity index (χ0n) is 4.90. The van der Waals surface area contributed by atoms with Gasteiger partial charge in [0.25, 0.3) is 0 Å². The van der Waals surface area contributed by atoms with E-state index in [0.717, 1.165) is 6.21 Å². The maximum absolute atomic E-state index is 8.07. The lowest BCUT2D eigenvalue weighted by Gasteiger charge is -1.88. The van der Waals surface area contributed by atoms with E-state index in [0.29, 0.717) is 5.69 Å². The Bertz CT molecular complexity index is 250. The number of hydrogen-bond acceptors (Lipinski definition) is 4. The highest BCUT2D eigenvalue weighted by Gasteiger charge is 1.90. The van der Waals surface area contributed by atoms with Crippen molar-refractivity contribution in [2.75, 3.05) is 0 Å². The van der Waals surface area contributed by atoms with Gasteiger partial charge in [-0.2, -0.15) is 0 Å². The van der Waals surface area contributed by atoms with E-state index in [2.05, 4.69) is 15.1 Å². The predicted octanol–water partition coefficient (Wildman–Crippen LogP) is 0.938. The third-order valence-corrected chi connectivity index (χ3v) is 0.996. The van der Waals surface area contributed by atoms with E-state index in [9.17, 15) is 0 Å². The molecule has 1 aromatic rings. The molecule has 1 aromatic heterocycles. The predicted molar refractivity (Wildman–Crippen MR) is 36.4 cm³/mol. The normalized spacial score (nSPS) is 10.5. The second kappa shape index (κ2) is 3.12. The number of aromatic nitrogens is 2. The summed E-state index contributed by atoms with van der Waals surface area (Å²) in [7, 11) is 0. The van der Waals surface area contributed by atoms with Crippen molar-refractivity contribution in [3.63, 3.8) is 0 Å². The van der Waals surface area contributed by atoms with Crippen LogP contribution in [0.3, 0.4) is 0 Å². The second-order valence-corrected chi connectivity index (χ2v) is 1.90. The van der Waals surface area contributed by atoms with E-state index < -0.39 is 0 Å². The van der Waals surface area contributed by atoms with E-state index in [1.54, 1.807) is 0 Å². The molecule has 1 heterocycles. The van der Waals surface area contributed by atoms with Crippen LogP contribution in [-0.2, 0) is 0 Å². The zero-order valence-corrected chi connectivity index (χ0v) is 5.65. The number of nitrogens with zero attached hydrogens (tertiary/aromatic N) is 3. The van der Waals surface area contributed by atoms with Gasteiger partial charge in [0, 0.05) is 0 Å². The molecule has 0 aromatic carbocycles. The molecule has 0 fully saturated rings. The van der Waals surface area contributed by atoms with E-state index in [-0.39, 0.29) is 5.15 Å². The van der Waals surface area contributed by atoms with E-state index >= 15 is 0 Å². The first-order chi connectivity index (χ1) is 4.83. The maximum Gasteiger partial charge on any atom is 0.148 e. The Morgan fingerprint density at radius 2 is 2.40 bits per heavy atom. The van der Waals surface area contributed by atoms with Crippen LogP contribution in [0.15, 0.2) is 17.5 Å². The van der Waals surface area contributed by atoms with E-state index in [4.69, 9.17) is 16.8 Å². The van der Waals surface area contributed by atoms with Gasteiger partial charge in [0.2, 0.25) is 0 Å². The highest BCUT2D eigenvalue weighted by Crippen LogP contribution is 1.99. The number of halogens is 1. The van der Waals surface area contributed by atoms with Crippen LogP contribution in [0.4, 0.5) is 0 Å². The number of hydrogen-bond donors (Lipinski definition) is 1. The van der Waals surface area contributed by atoms with Crippen molar-refractivity contribution in [3.8, 4) is 0 Å². The van der Waals surface area contributed by atoms with Crippen molar-refractivity contribution >= 4 is 17.8 Å². The molecule has 1 N–H and O–H groups in total. The summed E-state index contributed by atoms with van der Waals surface area (Å²) in [6.07, 6.45) is 3.99. The molecule has 52 valence electrons. The average Bonchev–Trinajstić information content (AvgIpc) is 1.88. The lowest BCUT2D eigenvalue weighted by atomic mass is 10.5. The molecule has 0 radical (unpaired) electrons. The Morgan fingerprint density at radius 1 is 1.60 bits per heavy atom.